The van der Waals surface area contributed by atoms with E-state index < -0.39 is 5.97 Å². The molecule has 1 aliphatic carbocycles. The number of thiophene rings is 1. The molecule has 3 rings (SSSR count). The van der Waals surface area contributed by atoms with Gasteiger partial charge in [0.05, 0.1) is 12.8 Å². The number of methoxy groups -OCH3 is 1. The summed E-state index contributed by atoms with van der Waals surface area (Å²) in [7, 11) is 1.35. The summed E-state index contributed by atoms with van der Waals surface area (Å²) in [6.07, 6.45) is 2.27. The molecule has 5 nitrogen and oxygen atoms in total. The van der Waals surface area contributed by atoms with Gasteiger partial charge in [-0.05, 0) is 47.4 Å². The van der Waals surface area contributed by atoms with Gasteiger partial charge in [0.25, 0.3) is 0 Å². The van der Waals surface area contributed by atoms with Crippen LogP contribution < -0.4 is 10.6 Å². The smallest absolute Gasteiger partial charge is 0.356 e. The Kier molecular flexibility index (Phi) is 3.79. The number of esters is 1. The minimum Gasteiger partial charge on any atom is -0.464 e. The highest BCUT2D eigenvalue weighted by molar-refractivity contribution is 7.07. The summed E-state index contributed by atoms with van der Waals surface area (Å²) in [6.45, 7) is 0.760. The second kappa shape index (κ2) is 5.73. The highest BCUT2D eigenvalue weighted by Gasteiger charge is 2.31. The van der Waals surface area contributed by atoms with E-state index in [0.717, 1.165) is 19.4 Å². The van der Waals surface area contributed by atoms with Crippen LogP contribution in [0.15, 0.2) is 29.0 Å². The van der Waals surface area contributed by atoms with Crippen LogP contribution >= 0.6 is 11.3 Å². The van der Waals surface area contributed by atoms with Gasteiger partial charge in [0, 0.05) is 12.6 Å². The number of pyridine rings is 1. The van der Waals surface area contributed by atoms with Crippen LogP contribution in [0.3, 0.4) is 0 Å². The average Bonchev–Trinajstić information content (AvgIpc) is 3.21. The summed E-state index contributed by atoms with van der Waals surface area (Å²) in [4.78, 5) is 18.3. The van der Waals surface area contributed by atoms with Crippen molar-refractivity contribution in [2.24, 2.45) is 0 Å². The number of carbonyl (C=O) groups excluding carboxylic acids is 1. The molecule has 6 heteroatoms. The van der Waals surface area contributed by atoms with Crippen molar-refractivity contribution in [3.8, 4) is 0 Å². The highest BCUT2D eigenvalue weighted by Crippen LogP contribution is 2.35. The van der Waals surface area contributed by atoms with Gasteiger partial charge in [-0.15, -0.1) is 0 Å². The van der Waals surface area contributed by atoms with Gasteiger partial charge in [-0.2, -0.15) is 11.3 Å². The monoisotopic (exact) mass is 303 g/mol. The molecular formula is C15H17N3O2S. The van der Waals surface area contributed by atoms with Gasteiger partial charge in [-0.1, -0.05) is 0 Å². The minimum absolute atomic E-state index is 0.290. The Balaban J connectivity index is 1.93. The van der Waals surface area contributed by atoms with Gasteiger partial charge >= 0.3 is 5.97 Å². The van der Waals surface area contributed by atoms with E-state index in [9.17, 15) is 4.79 Å². The Morgan fingerprint density at radius 3 is 2.90 bits per heavy atom. The van der Waals surface area contributed by atoms with Crippen LogP contribution in [0.5, 0.6) is 0 Å². The molecule has 0 bridgehead atoms. The summed E-state index contributed by atoms with van der Waals surface area (Å²) >= 11 is 1.67. The summed E-state index contributed by atoms with van der Waals surface area (Å²) in [6, 6.07) is 5.87. The van der Waals surface area contributed by atoms with Crippen molar-refractivity contribution in [1.82, 2.24) is 4.98 Å². The largest absolute Gasteiger partial charge is 0.464 e. The third-order valence-corrected chi connectivity index (χ3v) is 4.22. The van der Waals surface area contributed by atoms with Crippen molar-refractivity contribution >= 4 is 28.8 Å². The number of nitrogens with zero attached hydrogens (tertiary/aromatic N) is 2. The van der Waals surface area contributed by atoms with E-state index in [0.29, 0.717) is 17.5 Å². The molecule has 0 aliphatic heterocycles. The van der Waals surface area contributed by atoms with E-state index >= 15 is 0 Å². The van der Waals surface area contributed by atoms with Crippen molar-refractivity contribution in [1.29, 1.82) is 0 Å². The van der Waals surface area contributed by atoms with Crippen LogP contribution in [0.2, 0.25) is 0 Å². The lowest BCUT2D eigenvalue weighted by Crippen LogP contribution is -2.27. The molecule has 0 radical (unpaired) electrons. The van der Waals surface area contributed by atoms with Gasteiger partial charge in [0.15, 0.2) is 11.5 Å². The van der Waals surface area contributed by atoms with Crippen LogP contribution in [-0.4, -0.2) is 24.1 Å². The summed E-state index contributed by atoms with van der Waals surface area (Å²) in [5.74, 6) is 0.231. The topological polar surface area (TPSA) is 68.5 Å². The quantitative estimate of drug-likeness (QED) is 0.860. The highest BCUT2D eigenvalue weighted by atomic mass is 32.1. The van der Waals surface area contributed by atoms with E-state index in [1.165, 1.54) is 12.7 Å². The normalized spacial score (nSPS) is 14.0. The molecule has 0 saturated heterocycles. The van der Waals surface area contributed by atoms with Crippen LogP contribution in [0.1, 0.15) is 28.9 Å². The standard InChI is InChI=1S/C15H17N3O2S/c1-20-15(19)13-5-4-12(16)14(17-13)18(11-2-3-11)8-10-6-7-21-9-10/h4-7,9,11H,2-3,8,16H2,1H3. The van der Waals surface area contributed by atoms with Gasteiger partial charge in [-0.3, -0.25) is 0 Å². The number of aromatic nitrogens is 1. The molecule has 21 heavy (non-hydrogen) atoms. The third-order valence-electron chi connectivity index (χ3n) is 3.49. The number of hydrogen-bond acceptors (Lipinski definition) is 6. The van der Waals surface area contributed by atoms with Crippen molar-refractivity contribution in [3.05, 3.63) is 40.2 Å². The van der Waals surface area contributed by atoms with Crippen molar-refractivity contribution in [2.45, 2.75) is 25.4 Å². The first-order chi connectivity index (χ1) is 10.2. The van der Waals surface area contributed by atoms with Gasteiger partial charge in [0.1, 0.15) is 0 Å². The third kappa shape index (κ3) is 3.00. The molecule has 0 aromatic carbocycles. The molecule has 0 amide bonds. The van der Waals surface area contributed by atoms with E-state index in [1.807, 2.05) is 0 Å². The van der Waals surface area contributed by atoms with Crippen molar-refractivity contribution in [2.75, 3.05) is 17.7 Å². The van der Waals surface area contributed by atoms with Crippen LogP contribution in [0.25, 0.3) is 0 Å². The predicted octanol–water partition coefficient (Wildman–Crippen LogP) is 2.68. The summed E-state index contributed by atoms with van der Waals surface area (Å²) in [5, 5.41) is 4.18. The second-order valence-electron chi connectivity index (χ2n) is 5.09. The van der Waals surface area contributed by atoms with Crippen molar-refractivity contribution < 1.29 is 9.53 Å². The zero-order chi connectivity index (χ0) is 14.8. The predicted molar refractivity (Wildman–Crippen MR) is 83.5 cm³/mol. The van der Waals surface area contributed by atoms with E-state index in [1.54, 1.807) is 23.5 Å². The maximum Gasteiger partial charge on any atom is 0.356 e. The molecule has 0 spiro atoms. The molecule has 1 aliphatic rings. The first-order valence-electron chi connectivity index (χ1n) is 6.81. The fraction of sp³-hybridized carbons (Fsp3) is 0.333. The first kappa shape index (κ1) is 13.9. The Bertz CT molecular complexity index is 638. The summed E-state index contributed by atoms with van der Waals surface area (Å²) < 4.78 is 4.73. The molecule has 1 fully saturated rings. The van der Waals surface area contributed by atoms with E-state index in [-0.39, 0.29) is 5.69 Å². The fourth-order valence-electron chi connectivity index (χ4n) is 2.25. The summed E-state index contributed by atoms with van der Waals surface area (Å²) in [5.41, 5.74) is 8.18. The van der Waals surface area contributed by atoms with Crippen LogP contribution in [-0.2, 0) is 11.3 Å². The van der Waals surface area contributed by atoms with E-state index in [4.69, 9.17) is 10.5 Å². The lowest BCUT2D eigenvalue weighted by Gasteiger charge is -2.24. The van der Waals surface area contributed by atoms with Crippen LogP contribution in [0, 0.1) is 0 Å². The number of nitrogens with two attached hydrogens (primary N) is 1. The molecule has 2 N–H and O–H groups in total. The van der Waals surface area contributed by atoms with Gasteiger partial charge in [-0.25, -0.2) is 9.78 Å². The Morgan fingerprint density at radius 1 is 1.48 bits per heavy atom. The molecule has 110 valence electrons. The maximum absolute atomic E-state index is 11.7. The Hall–Kier alpha value is -2.08. The molecular weight excluding hydrogens is 286 g/mol. The zero-order valence-electron chi connectivity index (χ0n) is 11.8. The fourth-order valence-corrected chi connectivity index (χ4v) is 2.91. The van der Waals surface area contributed by atoms with Crippen molar-refractivity contribution in [3.63, 3.8) is 0 Å². The number of carbonyl (C=O) groups is 1. The Morgan fingerprint density at radius 2 is 2.29 bits per heavy atom. The molecule has 0 atom stereocenters. The molecule has 2 heterocycles. The second-order valence-corrected chi connectivity index (χ2v) is 5.87. The lowest BCUT2D eigenvalue weighted by molar-refractivity contribution is 0.0594. The average molecular weight is 303 g/mol. The minimum atomic E-state index is -0.442. The number of hydrogen-bond donors (Lipinski definition) is 1. The van der Waals surface area contributed by atoms with E-state index in [2.05, 4.69) is 26.7 Å². The van der Waals surface area contributed by atoms with Gasteiger partial charge in [0.2, 0.25) is 0 Å². The number of ether oxygens (including phenoxy) is 1. The van der Waals surface area contributed by atoms with Gasteiger partial charge < -0.3 is 15.4 Å². The lowest BCUT2D eigenvalue weighted by atomic mass is 10.2. The SMILES string of the molecule is COC(=O)c1ccc(N)c(N(Cc2ccsc2)C2CC2)n1. The Labute approximate surface area is 127 Å². The molecule has 2 aromatic heterocycles. The first-order valence-corrected chi connectivity index (χ1v) is 7.76. The molecule has 2 aromatic rings. The number of rotatable bonds is 5. The molecule has 0 unspecified atom stereocenters. The molecule has 1 saturated carbocycles. The number of nitrogen functional groups attached to an aromatic ring is 1. The van der Waals surface area contributed by atoms with Crippen LogP contribution in [0.4, 0.5) is 11.5 Å². The maximum atomic E-state index is 11.7. The zero-order valence-corrected chi connectivity index (χ0v) is 12.6. The number of anilines is 2.